The summed E-state index contributed by atoms with van der Waals surface area (Å²) in [4.78, 5) is 32.6. The Balaban J connectivity index is 1.72. The topological polar surface area (TPSA) is 65.1 Å². The molecular weight excluding hydrogens is 466 g/mol. The molecule has 2 aromatic heterocycles. The molecule has 160 valence electrons. The standard InChI is InChI=1S/C21H26BrN5O2S/c1-24-18-17(19(28)25(2)21(24)29)27(14-15-7-6-8-16(22)13-15)20(23-18)30-12-11-26-9-4-3-5-10-26/h6-8,13H,3-5,9-12,14H2,1-2H3. The number of aryl methyl sites for hydroxylation is 1. The quantitative estimate of drug-likeness (QED) is 0.496. The van der Waals surface area contributed by atoms with E-state index in [-0.39, 0.29) is 11.2 Å². The Hall–Kier alpha value is -1.84. The van der Waals surface area contributed by atoms with Gasteiger partial charge in [-0.3, -0.25) is 13.9 Å². The van der Waals surface area contributed by atoms with Crippen molar-refractivity contribution in [3.8, 4) is 0 Å². The molecule has 4 rings (SSSR count). The van der Waals surface area contributed by atoms with Gasteiger partial charge < -0.3 is 9.47 Å². The van der Waals surface area contributed by atoms with Crippen molar-refractivity contribution in [2.75, 3.05) is 25.4 Å². The Kier molecular flexibility index (Phi) is 6.50. The minimum absolute atomic E-state index is 0.307. The summed E-state index contributed by atoms with van der Waals surface area (Å²) in [5.74, 6) is 0.899. The third-order valence-electron chi connectivity index (χ3n) is 5.63. The maximum atomic E-state index is 13.0. The van der Waals surface area contributed by atoms with Gasteiger partial charge in [0.25, 0.3) is 5.56 Å². The van der Waals surface area contributed by atoms with Crippen molar-refractivity contribution in [3.63, 3.8) is 0 Å². The number of piperidine rings is 1. The summed E-state index contributed by atoms with van der Waals surface area (Å²) < 4.78 is 5.57. The van der Waals surface area contributed by atoms with E-state index in [1.807, 2.05) is 28.8 Å². The van der Waals surface area contributed by atoms with Crippen LogP contribution in [-0.2, 0) is 20.6 Å². The van der Waals surface area contributed by atoms with E-state index in [1.165, 1.54) is 30.9 Å². The highest BCUT2D eigenvalue weighted by atomic mass is 79.9. The van der Waals surface area contributed by atoms with Crippen molar-refractivity contribution in [1.29, 1.82) is 0 Å². The molecule has 3 aromatic rings. The number of likely N-dealkylation sites (tertiary alicyclic amines) is 1. The molecule has 3 heterocycles. The number of hydrogen-bond acceptors (Lipinski definition) is 5. The molecule has 1 saturated heterocycles. The summed E-state index contributed by atoms with van der Waals surface area (Å²) in [6.45, 7) is 3.84. The maximum Gasteiger partial charge on any atom is 0.332 e. The van der Waals surface area contributed by atoms with Gasteiger partial charge in [-0.25, -0.2) is 9.78 Å². The van der Waals surface area contributed by atoms with Crippen LogP contribution in [0.4, 0.5) is 0 Å². The lowest BCUT2D eigenvalue weighted by Crippen LogP contribution is -2.37. The summed E-state index contributed by atoms with van der Waals surface area (Å²) in [6.07, 6.45) is 3.86. The fourth-order valence-corrected chi connectivity index (χ4v) is 5.39. The number of rotatable bonds is 6. The zero-order valence-electron chi connectivity index (χ0n) is 17.3. The highest BCUT2D eigenvalue weighted by molar-refractivity contribution is 9.10. The Morgan fingerprint density at radius 2 is 1.87 bits per heavy atom. The van der Waals surface area contributed by atoms with Gasteiger partial charge in [0.15, 0.2) is 16.3 Å². The summed E-state index contributed by atoms with van der Waals surface area (Å²) in [5.41, 5.74) is 1.32. The molecule has 1 fully saturated rings. The van der Waals surface area contributed by atoms with E-state index in [0.717, 1.165) is 45.1 Å². The summed E-state index contributed by atoms with van der Waals surface area (Å²) in [6, 6.07) is 8.04. The molecule has 0 unspecified atom stereocenters. The van der Waals surface area contributed by atoms with Gasteiger partial charge >= 0.3 is 5.69 Å². The summed E-state index contributed by atoms with van der Waals surface area (Å²) in [7, 11) is 3.19. The number of halogens is 1. The number of imidazole rings is 1. The van der Waals surface area contributed by atoms with E-state index in [2.05, 4.69) is 20.8 Å². The van der Waals surface area contributed by atoms with Gasteiger partial charge in [0.2, 0.25) is 0 Å². The van der Waals surface area contributed by atoms with E-state index in [9.17, 15) is 9.59 Å². The Morgan fingerprint density at radius 3 is 2.60 bits per heavy atom. The smallest absolute Gasteiger partial charge is 0.309 e. The number of thioether (sulfide) groups is 1. The molecule has 0 amide bonds. The number of fused-ring (bicyclic) bond motifs is 1. The molecule has 1 aliphatic rings. The number of hydrogen-bond donors (Lipinski definition) is 0. The van der Waals surface area contributed by atoms with Gasteiger partial charge in [-0.15, -0.1) is 0 Å². The first kappa shape index (κ1) is 21.4. The second-order valence-electron chi connectivity index (χ2n) is 7.74. The van der Waals surface area contributed by atoms with Crippen molar-refractivity contribution < 1.29 is 0 Å². The highest BCUT2D eigenvalue weighted by Gasteiger charge is 2.20. The SMILES string of the molecule is Cn1c(=O)c2c(nc(SCCN3CCCCC3)n2Cc2cccc(Br)c2)n(C)c1=O. The zero-order chi connectivity index (χ0) is 21.3. The normalized spacial score (nSPS) is 15.2. The van der Waals surface area contributed by atoms with Crippen molar-refractivity contribution >= 4 is 38.9 Å². The van der Waals surface area contributed by atoms with E-state index < -0.39 is 0 Å². The second-order valence-corrected chi connectivity index (χ2v) is 9.72. The van der Waals surface area contributed by atoms with Crippen LogP contribution < -0.4 is 11.2 Å². The second kappa shape index (κ2) is 9.11. The van der Waals surface area contributed by atoms with Crippen molar-refractivity contribution in [2.24, 2.45) is 14.1 Å². The first-order valence-electron chi connectivity index (χ1n) is 10.2. The minimum Gasteiger partial charge on any atom is -0.309 e. The van der Waals surface area contributed by atoms with Gasteiger partial charge in [0.05, 0.1) is 6.54 Å². The Bertz CT molecular complexity index is 1180. The molecular formula is C21H26BrN5O2S. The van der Waals surface area contributed by atoms with Crippen LogP contribution in [0.3, 0.4) is 0 Å². The average Bonchev–Trinajstić information content (AvgIpc) is 3.10. The van der Waals surface area contributed by atoms with Gasteiger partial charge in [-0.1, -0.05) is 46.2 Å². The van der Waals surface area contributed by atoms with Gasteiger partial charge in [-0.05, 0) is 43.6 Å². The van der Waals surface area contributed by atoms with Crippen LogP contribution in [0.2, 0.25) is 0 Å². The molecule has 0 radical (unpaired) electrons. The molecule has 1 aromatic carbocycles. The third-order valence-corrected chi connectivity index (χ3v) is 7.08. The molecule has 30 heavy (non-hydrogen) atoms. The lowest BCUT2D eigenvalue weighted by molar-refractivity contribution is 0.242. The van der Waals surface area contributed by atoms with Crippen LogP contribution in [0.1, 0.15) is 24.8 Å². The van der Waals surface area contributed by atoms with E-state index in [4.69, 9.17) is 4.98 Å². The highest BCUT2D eigenvalue weighted by Crippen LogP contribution is 2.24. The number of nitrogens with zero attached hydrogens (tertiary/aromatic N) is 5. The Morgan fingerprint density at radius 1 is 1.10 bits per heavy atom. The van der Waals surface area contributed by atoms with Crippen molar-refractivity contribution in [1.82, 2.24) is 23.6 Å². The predicted octanol–water partition coefficient (Wildman–Crippen LogP) is 2.82. The molecule has 0 atom stereocenters. The fraction of sp³-hybridized carbons (Fsp3) is 0.476. The van der Waals surface area contributed by atoms with Gasteiger partial charge in [0.1, 0.15) is 0 Å². The molecule has 0 spiro atoms. The fourth-order valence-electron chi connectivity index (χ4n) is 3.95. The molecule has 9 heteroatoms. The maximum absolute atomic E-state index is 13.0. The monoisotopic (exact) mass is 491 g/mol. The van der Waals surface area contributed by atoms with Crippen LogP contribution in [-0.4, -0.2) is 49.0 Å². The molecule has 0 aliphatic carbocycles. The molecule has 0 saturated carbocycles. The van der Waals surface area contributed by atoms with Crippen LogP contribution in [0, 0.1) is 0 Å². The molecule has 0 N–H and O–H groups in total. The van der Waals surface area contributed by atoms with Crippen molar-refractivity contribution in [2.45, 2.75) is 31.0 Å². The van der Waals surface area contributed by atoms with Crippen LogP contribution in [0.5, 0.6) is 0 Å². The number of aromatic nitrogens is 4. The first-order chi connectivity index (χ1) is 14.5. The van der Waals surface area contributed by atoms with Crippen molar-refractivity contribution in [3.05, 3.63) is 55.1 Å². The zero-order valence-corrected chi connectivity index (χ0v) is 19.7. The lowest BCUT2D eigenvalue weighted by atomic mass is 10.1. The van der Waals surface area contributed by atoms with Crippen LogP contribution >= 0.6 is 27.7 Å². The number of benzene rings is 1. The molecule has 1 aliphatic heterocycles. The van der Waals surface area contributed by atoms with E-state index in [0.29, 0.717) is 17.7 Å². The van der Waals surface area contributed by atoms with Gasteiger partial charge in [-0.2, -0.15) is 0 Å². The largest absolute Gasteiger partial charge is 0.332 e. The lowest BCUT2D eigenvalue weighted by Gasteiger charge is -2.25. The third kappa shape index (κ3) is 4.29. The van der Waals surface area contributed by atoms with Crippen LogP contribution in [0.25, 0.3) is 11.2 Å². The Labute approximate surface area is 187 Å². The minimum atomic E-state index is -0.357. The predicted molar refractivity (Wildman–Crippen MR) is 124 cm³/mol. The van der Waals surface area contributed by atoms with E-state index >= 15 is 0 Å². The average molecular weight is 492 g/mol. The summed E-state index contributed by atoms with van der Waals surface area (Å²) >= 11 is 5.17. The molecule has 0 bridgehead atoms. The van der Waals surface area contributed by atoms with E-state index in [1.54, 1.807) is 18.8 Å². The first-order valence-corrected chi connectivity index (χ1v) is 12.0. The van der Waals surface area contributed by atoms with Crippen LogP contribution in [0.15, 0.2) is 43.5 Å². The molecule has 7 nitrogen and oxygen atoms in total. The summed E-state index contributed by atoms with van der Waals surface area (Å²) in [5, 5.41) is 0.778. The van der Waals surface area contributed by atoms with Gasteiger partial charge in [0, 0.05) is 30.9 Å².